The van der Waals surface area contributed by atoms with E-state index in [2.05, 4.69) is 16.9 Å². The van der Waals surface area contributed by atoms with Gasteiger partial charge >= 0.3 is 6.01 Å². The Balaban J connectivity index is 2.56. The molecule has 0 spiro atoms. The predicted octanol–water partition coefficient (Wildman–Crippen LogP) is 0.943. The molecule has 5 nitrogen and oxygen atoms in total. The van der Waals surface area contributed by atoms with Gasteiger partial charge in [-0.15, -0.1) is 0 Å². The number of hydrogen-bond acceptors (Lipinski definition) is 5. The SMILES string of the molecule is CCCCOc1nc(N)cc(O)n1. The van der Waals surface area contributed by atoms with Crippen LogP contribution in [0, 0.1) is 0 Å². The molecule has 0 unspecified atom stereocenters. The largest absolute Gasteiger partial charge is 0.493 e. The zero-order valence-corrected chi connectivity index (χ0v) is 7.53. The highest BCUT2D eigenvalue weighted by atomic mass is 16.5. The summed E-state index contributed by atoms with van der Waals surface area (Å²) in [7, 11) is 0. The van der Waals surface area contributed by atoms with Gasteiger partial charge in [0, 0.05) is 6.07 Å². The lowest BCUT2D eigenvalue weighted by atomic mass is 10.4. The minimum Gasteiger partial charge on any atom is -0.493 e. The van der Waals surface area contributed by atoms with E-state index in [0.29, 0.717) is 6.61 Å². The van der Waals surface area contributed by atoms with Crippen LogP contribution in [0.15, 0.2) is 6.07 Å². The van der Waals surface area contributed by atoms with Crippen LogP contribution in [-0.4, -0.2) is 21.7 Å². The molecule has 0 aromatic carbocycles. The van der Waals surface area contributed by atoms with Gasteiger partial charge < -0.3 is 15.6 Å². The molecule has 1 heterocycles. The lowest BCUT2D eigenvalue weighted by molar-refractivity contribution is 0.280. The summed E-state index contributed by atoms with van der Waals surface area (Å²) in [5.41, 5.74) is 5.37. The third-order valence-electron chi connectivity index (χ3n) is 1.44. The first kappa shape index (κ1) is 9.57. The molecule has 0 aliphatic heterocycles. The summed E-state index contributed by atoms with van der Waals surface area (Å²) in [6.07, 6.45) is 1.97. The van der Waals surface area contributed by atoms with Gasteiger partial charge in [-0.2, -0.15) is 9.97 Å². The maximum absolute atomic E-state index is 9.04. The van der Waals surface area contributed by atoms with Crippen LogP contribution in [0.2, 0.25) is 0 Å². The molecule has 13 heavy (non-hydrogen) atoms. The number of aromatic nitrogens is 2. The van der Waals surface area contributed by atoms with Crippen molar-refractivity contribution in [2.24, 2.45) is 0 Å². The summed E-state index contributed by atoms with van der Waals surface area (Å²) >= 11 is 0. The van der Waals surface area contributed by atoms with Crippen molar-refractivity contribution in [2.75, 3.05) is 12.3 Å². The first-order valence-corrected chi connectivity index (χ1v) is 4.18. The molecule has 1 aromatic heterocycles. The lowest BCUT2D eigenvalue weighted by Gasteiger charge is -2.03. The van der Waals surface area contributed by atoms with Crippen LogP contribution >= 0.6 is 0 Å². The summed E-state index contributed by atoms with van der Waals surface area (Å²) in [6, 6.07) is 1.40. The second-order valence-electron chi connectivity index (χ2n) is 2.64. The number of aromatic hydroxyl groups is 1. The molecule has 3 N–H and O–H groups in total. The van der Waals surface area contributed by atoms with E-state index in [1.165, 1.54) is 6.07 Å². The Hall–Kier alpha value is -1.52. The predicted molar refractivity (Wildman–Crippen MR) is 48.5 cm³/mol. The highest BCUT2D eigenvalue weighted by Crippen LogP contribution is 2.13. The van der Waals surface area contributed by atoms with Gasteiger partial charge in [0.2, 0.25) is 5.88 Å². The standard InChI is InChI=1S/C8H13N3O2/c1-2-3-4-13-8-10-6(9)5-7(12)11-8/h5H,2-4H2,1H3,(H3,9,10,11,12). The van der Waals surface area contributed by atoms with E-state index in [9.17, 15) is 0 Å². The third-order valence-corrected chi connectivity index (χ3v) is 1.44. The Morgan fingerprint density at radius 1 is 1.54 bits per heavy atom. The average Bonchev–Trinajstić information content (AvgIpc) is 2.03. The maximum Gasteiger partial charge on any atom is 0.321 e. The Bertz CT molecular complexity index is 258. The molecule has 0 atom stereocenters. The van der Waals surface area contributed by atoms with Crippen molar-refractivity contribution in [3.8, 4) is 11.9 Å². The zero-order valence-electron chi connectivity index (χ0n) is 7.53. The molecular formula is C8H13N3O2. The van der Waals surface area contributed by atoms with E-state index < -0.39 is 0 Å². The number of rotatable bonds is 4. The fourth-order valence-corrected chi connectivity index (χ4v) is 0.803. The Morgan fingerprint density at radius 3 is 2.92 bits per heavy atom. The van der Waals surface area contributed by atoms with Crippen molar-refractivity contribution >= 4 is 5.82 Å². The van der Waals surface area contributed by atoms with E-state index in [1.54, 1.807) is 0 Å². The second kappa shape index (κ2) is 4.49. The van der Waals surface area contributed by atoms with E-state index >= 15 is 0 Å². The van der Waals surface area contributed by atoms with Gasteiger partial charge in [-0.1, -0.05) is 13.3 Å². The van der Waals surface area contributed by atoms with Crippen LogP contribution in [0.1, 0.15) is 19.8 Å². The minimum atomic E-state index is -0.168. The molecule has 0 fully saturated rings. The first-order valence-electron chi connectivity index (χ1n) is 4.18. The summed E-state index contributed by atoms with van der Waals surface area (Å²) < 4.78 is 5.15. The summed E-state index contributed by atoms with van der Waals surface area (Å²) in [6.45, 7) is 2.60. The highest BCUT2D eigenvalue weighted by molar-refractivity contribution is 5.33. The molecule has 1 aromatic rings. The molecule has 0 aliphatic rings. The summed E-state index contributed by atoms with van der Waals surface area (Å²) in [5, 5.41) is 9.04. The topological polar surface area (TPSA) is 81.3 Å². The van der Waals surface area contributed by atoms with Crippen molar-refractivity contribution in [1.29, 1.82) is 0 Å². The van der Waals surface area contributed by atoms with Gasteiger partial charge in [-0.05, 0) is 6.42 Å². The van der Waals surface area contributed by atoms with Crippen LogP contribution in [0.4, 0.5) is 5.82 Å². The second-order valence-corrected chi connectivity index (χ2v) is 2.64. The molecule has 0 radical (unpaired) electrons. The molecule has 72 valence electrons. The lowest BCUT2D eigenvalue weighted by Crippen LogP contribution is -2.02. The van der Waals surface area contributed by atoms with E-state index in [1.807, 2.05) is 0 Å². The van der Waals surface area contributed by atoms with E-state index in [-0.39, 0.29) is 17.7 Å². The third kappa shape index (κ3) is 3.14. The molecule has 0 saturated carbocycles. The number of nitrogens with two attached hydrogens (primary N) is 1. The number of anilines is 1. The van der Waals surface area contributed by atoms with Crippen molar-refractivity contribution in [2.45, 2.75) is 19.8 Å². The fraction of sp³-hybridized carbons (Fsp3) is 0.500. The van der Waals surface area contributed by atoms with Gasteiger partial charge in [0.05, 0.1) is 6.61 Å². The number of hydrogen-bond donors (Lipinski definition) is 2. The summed E-state index contributed by atoms with van der Waals surface area (Å²) in [5.74, 6) is 0.0398. The molecule has 0 amide bonds. The number of nitrogens with zero attached hydrogens (tertiary/aromatic N) is 2. The van der Waals surface area contributed by atoms with Crippen LogP contribution in [-0.2, 0) is 0 Å². The molecule has 0 saturated heterocycles. The normalized spacial score (nSPS) is 9.92. The molecular weight excluding hydrogens is 170 g/mol. The molecule has 0 aliphatic carbocycles. The zero-order chi connectivity index (χ0) is 9.68. The van der Waals surface area contributed by atoms with Gasteiger partial charge in [0.15, 0.2) is 0 Å². The van der Waals surface area contributed by atoms with Crippen LogP contribution in [0.3, 0.4) is 0 Å². The number of ether oxygens (including phenoxy) is 1. The monoisotopic (exact) mass is 183 g/mol. The summed E-state index contributed by atoms with van der Waals surface area (Å²) in [4.78, 5) is 7.44. The minimum absolute atomic E-state index is 0.131. The van der Waals surface area contributed by atoms with Gasteiger partial charge in [0.25, 0.3) is 0 Å². The Labute approximate surface area is 76.6 Å². The Kier molecular flexibility index (Phi) is 3.31. The smallest absolute Gasteiger partial charge is 0.321 e. The first-order chi connectivity index (χ1) is 6.22. The quantitative estimate of drug-likeness (QED) is 0.679. The van der Waals surface area contributed by atoms with Crippen molar-refractivity contribution in [1.82, 2.24) is 9.97 Å². The maximum atomic E-state index is 9.04. The Morgan fingerprint density at radius 2 is 2.31 bits per heavy atom. The molecule has 0 bridgehead atoms. The molecule has 5 heteroatoms. The molecule has 1 rings (SSSR count). The average molecular weight is 183 g/mol. The van der Waals surface area contributed by atoms with Gasteiger partial charge in [0.1, 0.15) is 5.82 Å². The van der Waals surface area contributed by atoms with E-state index in [0.717, 1.165) is 12.8 Å². The van der Waals surface area contributed by atoms with Crippen LogP contribution < -0.4 is 10.5 Å². The van der Waals surface area contributed by atoms with Gasteiger partial charge in [-0.3, -0.25) is 0 Å². The van der Waals surface area contributed by atoms with Crippen LogP contribution in [0.5, 0.6) is 11.9 Å². The van der Waals surface area contributed by atoms with E-state index in [4.69, 9.17) is 15.6 Å². The van der Waals surface area contributed by atoms with Crippen molar-refractivity contribution in [3.63, 3.8) is 0 Å². The highest BCUT2D eigenvalue weighted by Gasteiger charge is 2.01. The van der Waals surface area contributed by atoms with Crippen molar-refractivity contribution in [3.05, 3.63) is 6.07 Å². The number of nitrogen functional groups attached to an aromatic ring is 1. The van der Waals surface area contributed by atoms with Crippen molar-refractivity contribution < 1.29 is 9.84 Å². The number of unbranched alkanes of at least 4 members (excludes halogenated alkanes) is 1. The van der Waals surface area contributed by atoms with Gasteiger partial charge in [-0.25, -0.2) is 0 Å². The van der Waals surface area contributed by atoms with Crippen LogP contribution in [0.25, 0.3) is 0 Å². The fourth-order valence-electron chi connectivity index (χ4n) is 0.803.